The van der Waals surface area contributed by atoms with E-state index in [1.165, 1.54) is 12.8 Å². The fourth-order valence-corrected chi connectivity index (χ4v) is 1.58. The summed E-state index contributed by atoms with van der Waals surface area (Å²) in [5, 5.41) is 0. The smallest absolute Gasteiger partial charge is 0.136 e. The summed E-state index contributed by atoms with van der Waals surface area (Å²) in [4.78, 5) is 11.7. The van der Waals surface area contributed by atoms with E-state index in [4.69, 9.17) is 0 Å². The second-order valence-electron chi connectivity index (χ2n) is 4.17. The fraction of sp³-hybridized carbons (Fsp3) is 0.769. The molecule has 0 N–H and O–H groups in total. The van der Waals surface area contributed by atoms with Gasteiger partial charge in [-0.05, 0) is 26.2 Å². The molecular weight excluding hydrogens is 172 g/mol. The Morgan fingerprint density at radius 3 is 2.36 bits per heavy atom. The molecule has 0 aliphatic heterocycles. The van der Waals surface area contributed by atoms with Crippen molar-refractivity contribution in [2.24, 2.45) is 5.92 Å². The molecule has 0 aliphatic carbocycles. The molecule has 0 radical (unpaired) electrons. The number of unbranched alkanes of at least 4 members (excludes halogenated alkanes) is 1. The largest absolute Gasteiger partial charge is 0.299 e. The highest BCUT2D eigenvalue weighted by molar-refractivity contribution is 5.81. The molecule has 0 amide bonds. The first kappa shape index (κ1) is 13.4. The molecule has 0 aromatic carbocycles. The van der Waals surface area contributed by atoms with Crippen LogP contribution in [-0.2, 0) is 4.79 Å². The van der Waals surface area contributed by atoms with Gasteiger partial charge in [0, 0.05) is 12.3 Å². The van der Waals surface area contributed by atoms with Gasteiger partial charge in [0.1, 0.15) is 5.78 Å². The number of hydrogen-bond donors (Lipinski definition) is 0. The van der Waals surface area contributed by atoms with E-state index < -0.39 is 0 Å². The van der Waals surface area contributed by atoms with Crippen molar-refractivity contribution < 1.29 is 4.79 Å². The maximum Gasteiger partial charge on any atom is 0.136 e. The average Bonchev–Trinajstić information content (AvgIpc) is 2.16. The number of rotatable bonds is 8. The zero-order chi connectivity index (χ0) is 11.0. The fourth-order valence-electron chi connectivity index (χ4n) is 1.58. The molecule has 1 heteroatoms. The highest BCUT2D eigenvalue weighted by Gasteiger charge is 2.14. The second-order valence-corrected chi connectivity index (χ2v) is 4.17. The monoisotopic (exact) mass is 196 g/mol. The minimum Gasteiger partial charge on any atom is -0.299 e. The van der Waals surface area contributed by atoms with Crippen molar-refractivity contribution in [2.75, 3.05) is 0 Å². The lowest BCUT2D eigenvalue weighted by Gasteiger charge is -2.12. The van der Waals surface area contributed by atoms with Gasteiger partial charge in [-0.3, -0.25) is 4.79 Å². The summed E-state index contributed by atoms with van der Waals surface area (Å²) in [5.41, 5.74) is 1.11. The maximum atomic E-state index is 11.7. The molecule has 0 spiro atoms. The van der Waals surface area contributed by atoms with Crippen molar-refractivity contribution in [2.45, 2.75) is 59.3 Å². The summed E-state index contributed by atoms with van der Waals surface area (Å²) in [6, 6.07) is 0. The molecule has 0 aromatic heterocycles. The predicted molar refractivity (Wildman–Crippen MR) is 62.4 cm³/mol. The Kier molecular flexibility index (Phi) is 7.45. The van der Waals surface area contributed by atoms with Gasteiger partial charge in [0.25, 0.3) is 0 Å². The number of ketones is 1. The van der Waals surface area contributed by atoms with Crippen LogP contribution in [0.25, 0.3) is 0 Å². The Balaban J connectivity index is 3.85. The Morgan fingerprint density at radius 2 is 1.93 bits per heavy atom. The van der Waals surface area contributed by atoms with Gasteiger partial charge < -0.3 is 0 Å². The van der Waals surface area contributed by atoms with Crippen molar-refractivity contribution in [3.63, 3.8) is 0 Å². The minimum atomic E-state index is 0.300. The van der Waals surface area contributed by atoms with Crippen LogP contribution in [0.15, 0.2) is 12.2 Å². The normalized spacial score (nSPS) is 12.5. The lowest BCUT2D eigenvalue weighted by Crippen LogP contribution is -2.13. The lowest BCUT2D eigenvalue weighted by atomic mass is 9.91. The molecule has 0 saturated carbocycles. The van der Waals surface area contributed by atoms with Crippen LogP contribution in [0.1, 0.15) is 59.3 Å². The van der Waals surface area contributed by atoms with Gasteiger partial charge in [0.2, 0.25) is 0 Å². The number of hydrogen-bond acceptors (Lipinski definition) is 1. The van der Waals surface area contributed by atoms with E-state index in [1.807, 2.05) is 6.92 Å². The molecular formula is C13H24O. The number of Topliss-reactive ketones (excluding diaryl/α,β-unsaturated/α-hetero) is 1. The van der Waals surface area contributed by atoms with Gasteiger partial charge >= 0.3 is 0 Å². The maximum absolute atomic E-state index is 11.7. The van der Waals surface area contributed by atoms with E-state index in [0.717, 1.165) is 24.8 Å². The molecule has 0 aromatic rings. The molecule has 1 atom stereocenters. The van der Waals surface area contributed by atoms with Crippen molar-refractivity contribution in [1.29, 1.82) is 0 Å². The Hall–Kier alpha value is -0.590. The van der Waals surface area contributed by atoms with E-state index in [-0.39, 0.29) is 0 Å². The third-order valence-electron chi connectivity index (χ3n) is 2.65. The first-order chi connectivity index (χ1) is 6.61. The molecule has 0 bridgehead atoms. The molecule has 0 aliphatic rings. The Bertz CT molecular complexity index is 182. The molecule has 0 rings (SSSR count). The van der Waals surface area contributed by atoms with E-state index in [2.05, 4.69) is 20.4 Å². The zero-order valence-corrected chi connectivity index (χ0v) is 9.94. The highest BCUT2D eigenvalue weighted by atomic mass is 16.1. The summed E-state index contributed by atoms with van der Waals surface area (Å²) in [6.45, 7) is 10.1. The zero-order valence-electron chi connectivity index (χ0n) is 9.94. The summed E-state index contributed by atoms with van der Waals surface area (Å²) < 4.78 is 0. The van der Waals surface area contributed by atoms with Crippen LogP contribution in [0.5, 0.6) is 0 Å². The van der Waals surface area contributed by atoms with Gasteiger partial charge in [-0.15, -0.1) is 6.58 Å². The quantitative estimate of drug-likeness (QED) is 0.533. The number of allylic oxidation sites excluding steroid dienone is 1. The highest BCUT2D eigenvalue weighted by Crippen LogP contribution is 2.17. The van der Waals surface area contributed by atoms with Gasteiger partial charge in [-0.1, -0.05) is 32.3 Å². The minimum absolute atomic E-state index is 0.300. The van der Waals surface area contributed by atoms with E-state index >= 15 is 0 Å². The van der Waals surface area contributed by atoms with Gasteiger partial charge in [0.05, 0.1) is 0 Å². The van der Waals surface area contributed by atoms with Crippen LogP contribution in [0.3, 0.4) is 0 Å². The van der Waals surface area contributed by atoms with E-state index in [0.29, 0.717) is 18.1 Å². The van der Waals surface area contributed by atoms with Crippen LogP contribution in [0, 0.1) is 5.92 Å². The van der Waals surface area contributed by atoms with E-state index in [1.54, 1.807) is 0 Å². The van der Waals surface area contributed by atoms with Gasteiger partial charge in [-0.25, -0.2) is 0 Å². The second kappa shape index (κ2) is 7.78. The third kappa shape index (κ3) is 5.95. The van der Waals surface area contributed by atoms with Crippen LogP contribution < -0.4 is 0 Å². The van der Waals surface area contributed by atoms with Gasteiger partial charge in [-0.2, -0.15) is 0 Å². The summed E-state index contributed by atoms with van der Waals surface area (Å²) in [6.07, 6.45) is 5.98. The first-order valence-electron chi connectivity index (χ1n) is 5.78. The molecule has 0 fully saturated rings. The number of carbonyl (C=O) groups excluding carboxylic acids is 1. The SMILES string of the molecule is C=C(C)CCC(=O)C(CC)CCCC. The topological polar surface area (TPSA) is 17.1 Å². The third-order valence-corrected chi connectivity index (χ3v) is 2.65. The molecule has 0 heterocycles. The predicted octanol–water partition coefficient (Wildman–Crippen LogP) is 4.13. The standard InChI is InChI=1S/C13H24O/c1-5-7-8-12(6-2)13(14)10-9-11(3)4/h12H,3,5-10H2,1-2,4H3. The van der Waals surface area contributed by atoms with Crippen LogP contribution in [-0.4, -0.2) is 5.78 Å². The van der Waals surface area contributed by atoms with Crippen LogP contribution in [0.4, 0.5) is 0 Å². The first-order valence-corrected chi connectivity index (χ1v) is 5.78. The summed E-state index contributed by atoms with van der Waals surface area (Å²) >= 11 is 0. The average molecular weight is 196 g/mol. The number of carbonyl (C=O) groups is 1. The molecule has 0 saturated heterocycles. The van der Waals surface area contributed by atoms with E-state index in [9.17, 15) is 4.79 Å². The molecule has 82 valence electrons. The van der Waals surface area contributed by atoms with Crippen LogP contribution in [0.2, 0.25) is 0 Å². The van der Waals surface area contributed by atoms with Crippen LogP contribution >= 0.6 is 0 Å². The van der Waals surface area contributed by atoms with Crippen molar-refractivity contribution in [1.82, 2.24) is 0 Å². The molecule has 14 heavy (non-hydrogen) atoms. The molecule has 1 nitrogen and oxygen atoms in total. The van der Waals surface area contributed by atoms with Crippen molar-refractivity contribution in [3.05, 3.63) is 12.2 Å². The molecule has 1 unspecified atom stereocenters. The Morgan fingerprint density at radius 1 is 1.29 bits per heavy atom. The summed E-state index contributed by atoms with van der Waals surface area (Å²) in [5.74, 6) is 0.734. The Labute approximate surface area is 88.6 Å². The summed E-state index contributed by atoms with van der Waals surface area (Å²) in [7, 11) is 0. The van der Waals surface area contributed by atoms with Gasteiger partial charge in [0.15, 0.2) is 0 Å². The van der Waals surface area contributed by atoms with Crippen molar-refractivity contribution in [3.8, 4) is 0 Å². The van der Waals surface area contributed by atoms with Crippen molar-refractivity contribution >= 4 is 5.78 Å². The lowest BCUT2D eigenvalue weighted by molar-refractivity contribution is -0.123.